The second-order valence-corrected chi connectivity index (χ2v) is 5.06. The summed E-state index contributed by atoms with van der Waals surface area (Å²) < 4.78 is 3.49. The zero-order valence-corrected chi connectivity index (χ0v) is 11.7. The van der Waals surface area contributed by atoms with Crippen molar-refractivity contribution in [2.75, 3.05) is 0 Å². The van der Waals surface area contributed by atoms with Crippen LogP contribution >= 0.6 is 11.6 Å². The lowest BCUT2D eigenvalue weighted by atomic mass is 10.2. The molecule has 0 aliphatic heterocycles. The fourth-order valence-electron chi connectivity index (χ4n) is 2.43. The SMILES string of the molecule is Cn1ncc(C(=O)O)c1-c1cc2ccc(Cl)cc2n1C. The van der Waals surface area contributed by atoms with Crippen molar-refractivity contribution >= 4 is 28.5 Å². The summed E-state index contributed by atoms with van der Waals surface area (Å²) in [6.07, 6.45) is 1.36. The molecule has 0 radical (unpaired) electrons. The van der Waals surface area contributed by atoms with Crippen LogP contribution in [0.3, 0.4) is 0 Å². The van der Waals surface area contributed by atoms with Crippen LogP contribution in [0.25, 0.3) is 22.3 Å². The molecule has 2 heterocycles. The fourth-order valence-corrected chi connectivity index (χ4v) is 2.59. The van der Waals surface area contributed by atoms with Gasteiger partial charge in [-0.1, -0.05) is 17.7 Å². The number of benzene rings is 1. The van der Waals surface area contributed by atoms with Gasteiger partial charge in [-0.15, -0.1) is 0 Å². The summed E-state index contributed by atoms with van der Waals surface area (Å²) in [6, 6.07) is 7.53. The third kappa shape index (κ3) is 1.78. The van der Waals surface area contributed by atoms with Crippen molar-refractivity contribution in [1.29, 1.82) is 0 Å². The van der Waals surface area contributed by atoms with E-state index in [2.05, 4.69) is 5.10 Å². The average Bonchev–Trinajstić information content (AvgIpc) is 2.91. The number of aromatic nitrogens is 3. The monoisotopic (exact) mass is 289 g/mol. The summed E-state index contributed by atoms with van der Waals surface area (Å²) in [5.74, 6) is -0.989. The standard InChI is InChI=1S/C14H12ClN3O2/c1-17-11-6-9(15)4-3-8(11)5-12(17)13-10(14(19)20)7-16-18(13)2/h3-7H,1-2H3,(H,19,20). The van der Waals surface area contributed by atoms with Crippen LogP contribution in [0, 0.1) is 0 Å². The fraction of sp³-hybridized carbons (Fsp3) is 0.143. The summed E-state index contributed by atoms with van der Waals surface area (Å²) in [5.41, 5.74) is 2.50. The van der Waals surface area contributed by atoms with Crippen molar-refractivity contribution in [2.45, 2.75) is 0 Å². The second kappa shape index (κ2) is 4.38. The van der Waals surface area contributed by atoms with E-state index in [4.69, 9.17) is 11.6 Å². The number of aryl methyl sites for hydroxylation is 2. The molecule has 102 valence electrons. The maximum absolute atomic E-state index is 11.3. The van der Waals surface area contributed by atoms with Crippen LogP contribution in [0.4, 0.5) is 0 Å². The Morgan fingerprint density at radius 2 is 2.05 bits per heavy atom. The predicted molar refractivity (Wildman–Crippen MR) is 77.1 cm³/mol. The van der Waals surface area contributed by atoms with Gasteiger partial charge in [0.1, 0.15) is 5.56 Å². The number of halogens is 1. The molecule has 0 aliphatic carbocycles. The van der Waals surface area contributed by atoms with Crippen molar-refractivity contribution in [2.24, 2.45) is 14.1 Å². The highest BCUT2D eigenvalue weighted by atomic mass is 35.5. The molecule has 0 aliphatic rings. The van der Waals surface area contributed by atoms with Crippen molar-refractivity contribution in [3.05, 3.63) is 41.0 Å². The van der Waals surface area contributed by atoms with Gasteiger partial charge in [0.25, 0.3) is 0 Å². The van der Waals surface area contributed by atoms with Crippen LogP contribution in [-0.4, -0.2) is 25.4 Å². The van der Waals surface area contributed by atoms with E-state index < -0.39 is 5.97 Å². The molecule has 0 unspecified atom stereocenters. The predicted octanol–water partition coefficient (Wildman–Crippen LogP) is 2.93. The third-order valence-corrected chi connectivity index (χ3v) is 3.65. The largest absolute Gasteiger partial charge is 0.478 e. The molecule has 6 heteroatoms. The van der Waals surface area contributed by atoms with Crippen LogP contribution in [0.5, 0.6) is 0 Å². The molecule has 1 N–H and O–H groups in total. The number of hydrogen-bond acceptors (Lipinski definition) is 2. The average molecular weight is 290 g/mol. The van der Waals surface area contributed by atoms with E-state index in [0.717, 1.165) is 16.6 Å². The molecule has 3 rings (SSSR count). The van der Waals surface area contributed by atoms with Crippen LogP contribution in [0.15, 0.2) is 30.5 Å². The van der Waals surface area contributed by atoms with E-state index in [-0.39, 0.29) is 5.56 Å². The van der Waals surface area contributed by atoms with Gasteiger partial charge < -0.3 is 9.67 Å². The van der Waals surface area contributed by atoms with Gasteiger partial charge in [0.15, 0.2) is 0 Å². The Labute approximate surface area is 120 Å². The lowest BCUT2D eigenvalue weighted by Crippen LogP contribution is -2.03. The first-order valence-corrected chi connectivity index (χ1v) is 6.37. The number of fused-ring (bicyclic) bond motifs is 1. The van der Waals surface area contributed by atoms with E-state index in [0.29, 0.717) is 10.7 Å². The van der Waals surface area contributed by atoms with Gasteiger partial charge in [0.05, 0.1) is 17.6 Å². The topological polar surface area (TPSA) is 60.1 Å². The molecular weight excluding hydrogens is 278 g/mol. The molecule has 2 aromatic heterocycles. The molecular formula is C14H12ClN3O2. The highest BCUT2D eigenvalue weighted by molar-refractivity contribution is 6.31. The van der Waals surface area contributed by atoms with E-state index in [1.165, 1.54) is 6.20 Å². The summed E-state index contributed by atoms with van der Waals surface area (Å²) in [6.45, 7) is 0. The Bertz CT molecular complexity index is 832. The molecule has 0 amide bonds. The molecule has 0 atom stereocenters. The molecule has 20 heavy (non-hydrogen) atoms. The zero-order chi connectivity index (χ0) is 14.4. The van der Waals surface area contributed by atoms with E-state index in [1.807, 2.05) is 35.9 Å². The Morgan fingerprint density at radius 1 is 1.30 bits per heavy atom. The summed E-state index contributed by atoms with van der Waals surface area (Å²) in [5, 5.41) is 15.0. The number of nitrogens with zero attached hydrogens (tertiary/aromatic N) is 3. The van der Waals surface area contributed by atoms with Crippen molar-refractivity contribution in [3.8, 4) is 11.4 Å². The zero-order valence-electron chi connectivity index (χ0n) is 11.0. The number of carbonyl (C=O) groups is 1. The van der Waals surface area contributed by atoms with Crippen molar-refractivity contribution in [3.63, 3.8) is 0 Å². The smallest absolute Gasteiger partial charge is 0.339 e. The minimum atomic E-state index is -0.989. The first-order valence-electron chi connectivity index (χ1n) is 5.99. The molecule has 0 spiro atoms. The lowest BCUT2D eigenvalue weighted by molar-refractivity contribution is 0.0697. The van der Waals surface area contributed by atoms with Gasteiger partial charge in [0, 0.05) is 30.0 Å². The Balaban J connectivity index is 2.33. The lowest BCUT2D eigenvalue weighted by Gasteiger charge is -2.06. The quantitative estimate of drug-likeness (QED) is 0.789. The molecule has 5 nitrogen and oxygen atoms in total. The summed E-state index contributed by atoms with van der Waals surface area (Å²) >= 11 is 6.01. The van der Waals surface area contributed by atoms with Crippen LogP contribution in [0.2, 0.25) is 5.02 Å². The van der Waals surface area contributed by atoms with Gasteiger partial charge >= 0.3 is 5.97 Å². The number of hydrogen-bond donors (Lipinski definition) is 1. The normalized spacial score (nSPS) is 11.2. The molecule has 0 bridgehead atoms. The maximum Gasteiger partial charge on any atom is 0.339 e. The highest BCUT2D eigenvalue weighted by Gasteiger charge is 2.20. The molecule has 3 aromatic rings. The van der Waals surface area contributed by atoms with E-state index in [9.17, 15) is 9.90 Å². The third-order valence-electron chi connectivity index (χ3n) is 3.42. The maximum atomic E-state index is 11.3. The van der Waals surface area contributed by atoms with Crippen LogP contribution in [0.1, 0.15) is 10.4 Å². The first-order chi connectivity index (χ1) is 9.49. The number of carboxylic acids is 1. The first kappa shape index (κ1) is 12.7. The molecule has 0 saturated heterocycles. The highest BCUT2D eigenvalue weighted by Crippen LogP contribution is 2.30. The minimum Gasteiger partial charge on any atom is -0.478 e. The van der Waals surface area contributed by atoms with Crippen LogP contribution < -0.4 is 0 Å². The van der Waals surface area contributed by atoms with Gasteiger partial charge in [-0.05, 0) is 18.2 Å². The van der Waals surface area contributed by atoms with Gasteiger partial charge in [0.2, 0.25) is 0 Å². The molecule has 1 aromatic carbocycles. The Hall–Kier alpha value is -2.27. The Kier molecular flexibility index (Phi) is 2.79. The van der Waals surface area contributed by atoms with Gasteiger partial charge in [-0.2, -0.15) is 5.10 Å². The molecule has 0 fully saturated rings. The number of carboxylic acid groups (broad SMARTS) is 1. The van der Waals surface area contributed by atoms with E-state index in [1.54, 1.807) is 11.7 Å². The van der Waals surface area contributed by atoms with E-state index >= 15 is 0 Å². The number of rotatable bonds is 2. The number of aromatic carboxylic acids is 1. The van der Waals surface area contributed by atoms with Crippen LogP contribution in [-0.2, 0) is 14.1 Å². The molecule has 0 saturated carbocycles. The van der Waals surface area contributed by atoms with Gasteiger partial charge in [-0.25, -0.2) is 4.79 Å². The summed E-state index contributed by atoms with van der Waals surface area (Å²) in [7, 11) is 3.61. The minimum absolute atomic E-state index is 0.185. The summed E-state index contributed by atoms with van der Waals surface area (Å²) in [4.78, 5) is 11.3. The Morgan fingerprint density at radius 3 is 2.75 bits per heavy atom. The van der Waals surface area contributed by atoms with Gasteiger partial charge in [-0.3, -0.25) is 4.68 Å². The van der Waals surface area contributed by atoms with Crippen molar-refractivity contribution < 1.29 is 9.90 Å². The van der Waals surface area contributed by atoms with Crippen molar-refractivity contribution in [1.82, 2.24) is 14.3 Å². The second-order valence-electron chi connectivity index (χ2n) is 4.63.